The van der Waals surface area contributed by atoms with E-state index in [1.807, 2.05) is 30.3 Å². The van der Waals surface area contributed by atoms with E-state index in [0.717, 1.165) is 45.2 Å². The summed E-state index contributed by atoms with van der Waals surface area (Å²) in [6.07, 6.45) is -0.939. The highest BCUT2D eigenvalue weighted by Gasteiger charge is 2.30. The number of halogens is 3. The minimum absolute atomic E-state index is 0.173. The van der Waals surface area contributed by atoms with Gasteiger partial charge in [-0.05, 0) is 64.9 Å². The molecule has 1 aromatic heterocycles. The molecule has 4 aromatic rings. The van der Waals surface area contributed by atoms with E-state index in [1.165, 1.54) is 12.1 Å². The van der Waals surface area contributed by atoms with Crippen molar-refractivity contribution in [2.75, 3.05) is 0 Å². The van der Waals surface area contributed by atoms with Gasteiger partial charge in [0, 0.05) is 29.9 Å². The third-order valence-electron chi connectivity index (χ3n) is 5.26. The minimum Gasteiger partial charge on any atom is -0.348 e. The molecule has 1 amide bonds. The van der Waals surface area contributed by atoms with E-state index in [1.54, 1.807) is 12.4 Å². The van der Waals surface area contributed by atoms with E-state index in [0.29, 0.717) is 0 Å². The monoisotopic (exact) mass is 420 g/mol. The van der Waals surface area contributed by atoms with Crippen molar-refractivity contribution in [3.05, 3.63) is 101 Å². The Balaban J connectivity index is 1.59. The Morgan fingerprint density at radius 2 is 1.65 bits per heavy atom. The second-order valence-corrected chi connectivity index (χ2v) is 7.27. The molecule has 156 valence electrons. The number of amides is 1. The predicted molar refractivity (Wildman–Crippen MR) is 115 cm³/mol. The second-order valence-electron chi connectivity index (χ2n) is 7.27. The van der Waals surface area contributed by atoms with E-state index in [4.69, 9.17) is 0 Å². The zero-order valence-electron chi connectivity index (χ0n) is 16.7. The summed E-state index contributed by atoms with van der Waals surface area (Å²) in [4.78, 5) is 16.7. The third-order valence-corrected chi connectivity index (χ3v) is 5.26. The summed E-state index contributed by atoms with van der Waals surface area (Å²) in [6, 6.07) is 18.2. The van der Waals surface area contributed by atoms with E-state index in [-0.39, 0.29) is 12.1 Å². The van der Waals surface area contributed by atoms with Gasteiger partial charge in [-0.3, -0.25) is 9.78 Å². The van der Waals surface area contributed by atoms with Crippen LogP contribution in [-0.2, 0) is 12.7 Å². The van der Waals surface area contributed by atoms with Gasteiger partial charge in [-0.15, -0.1) is 0 Å². The highest BCUT2D eigenvalue weighted by molar-refractivity contribution is 5.99. The molecule has 1 heterocycles. The molecule has 0 bridgehead atoms. The average molecular weight is 420 g/mol. The number of nitrogens with zero attached hydrogens (tertiary/aromatic N) is 1. The molecule has 3 aromatic carbocycles. The molecule has 3 nitrogen and oxygen atoms in total. The van der Waals surface area contributed by atoms with Crippen LogP contribution in [0.4, 0.5) is 13.2 Å². The van der Waals surface area contributed by atoms with Gasteiger partial charge in [-0.1, -0.05) is 36.4 Å². The number of nitrogens with one attached hydrogen (secondary N) is 1. The summed E-state index contributed by atoms with van der Waals surface area (Å²) in [5.41, 5.74) is 3.62. The molecule has 0 aliphatic carbocycles. The molecular formula is C25H19F3N2O. The minimum atomic E-state index is -4.43. The van der Waals surface area contributed by atoms with E-state index in [2.05, 4.69) is 29.4 Å². The smallest absolute Gasteiger partial charge is 0.348 e. The number of fused-ring (bicyclic) bond motifs is 1. The standard InChI is InChI=1S/C25H19F3N2O/c1-16-4-2-3-5-20(16)21-11-8-18(23-15-29-13-12-22(21)23)14-30-24(31)17-6-9-19(10-7-17)25(26,27)28/h2-13,15H,14H2,1H3,(H,30,31). The molecule has 0 fully saturated rings. The number of aromatic nitrogens is 1. The maximum absolute atomic E-state index is 12.7. The fourth-order valence-electron chi connectivity index (χ4n) is 3.60. The summed E-state index contributed by atoms with van der Waals surface area (Å²) in [5, 5.41) is 4.72. The Morgan fingerprint density at radius 3 is 2.35 bits per heavy atom. The molecule has 0 unspecified atom stereocenters. The number of hydrogen-bond acceptors (Lipinski definition) is 2. The molecule has 1 N–H and O–H groups in total. The Hall–Kier alpha value is -3.67. The van der Waals surface area contributed by atoms with Gasteiger partial charge in [0.1, 0.15) is 0 Å². The summed E-state index contributed by atoms with van der Waals surface area (Å²) >= 11 is 0. The third kappa shape index (κ3) is 4.28. The Kier molecular flexibility index (Phi) is 5.46. The van der Waals surface area contributed by atoms with E-state index < -0.39 is 17.6 Å². The van der Waals surface area contributed by atoms with Gasteiger partial charge in [0.25, 0.3) is 5.91 Å². The SMILES string of the molecule is Cc1ccccc1-c1ccc(CNC(=O)c2ccc(C(F)(F)F)cc2)c2cnccc12. The number of rotatable bonds is 4. The zero-order valence-corrected chi connectivity index (χ0v) is 16.7. The van der Waals surface area contributed by atoms with Crippen LogP contribution < -0.4 is 5.32 Å². The van der Waals surface area contributed by atoms with Crippen LogP contribution >= 0.6 is 0 Å². The molecule has 0 atom stereocenters. The fourth-order valence-corrected chi connectivity index (χ4v) is 3.60. The molecule has 0 radical (unpaired) electrons. The van der Waals surface area contributed by atoms with Crippen LogP contribution in [0.5, 0.6) is 0 Å². The first-order valence-corrected chi connectivity index (χ1v) is 9.71. The van der Waals surface area contributed by atoms with E-state index in [9.17, 15) is 18.0 Å². The quantitative estimate of drug-likeness (QED) is 0.430. The summed E-state index contributed by atoms with van der Waals surface area (Å²) < 4.78 is 38.1. The van der Waals surface area contributed by atoms with Crippen molar-refractivity contribution < 1.29 is 18.0 Å². The van der Waals surface area contributed by atoms with Crippen molar-refractivity contribution in [2.45, 2.75) is 19.6 Å². The average Bonchev–Trinajstić information content (AvgIpc) is 2.77. The van der Waals surface area contributed by atoms with Crippen LogP contribution in [0.1, 0.15) is 27.0 Å². The lowest BCUT2D eigenvalue weighted by Crippen LogP contribution is -2.23. The number of pyridine rings is 1. The molecule has 31 heavy (non-hydrogen) atoms. The predicted octanol–water partition coefficient (Wildman–Crippen LogP) is 6.16. The lowest BCUT2D eigenvalue weighted by molar-refractivity contribution is -0.137. The molecular weight excluding hydrogens is 401 g/mol. The van der Waals surface area contributed by atoms with Gasteiger partial charge in [0.2, 0.25) is 0 Å². The van der Waals surface area contributed by atoms with Crippen LogP contribution in [0, 0.1) is 6.92 Å². The number of benzene rings is 3. The highest BCUT2D eigenvalue weighted by Crippen LogP contribution is 2.32. The van der Waals surface area contributed by atoms with Gasteiger partial charge >= 0.3 is 6.18 Å². The maximum Gasteiger partial charge on any atom is 0.416 e. The Bertz CT molecular complexity index is 1250. The first-order valence-electron chi connectivity index (χ1n) is 9.71. The van der Waals surface area contributed by atoms with Crippen LogP contribution in [0.15, 0.2) is 79.1 Å². The van der Waals surface area contributed by atoms with Crippen molar-refractivity contribution in [1.29, 1.82) is 0 Å². The summed E-state index contributed by atoms with van der Waals surface area (Å²) in [6.45, 7) is 2.29. The lowest BCUT2D eigenvalue weighted by atomic mass is 9.94. The normalized spacial score (nSPS) is 11.5. The van der Waals surface area contributed by atoms with Crippen molar-refractivity contribution in [1.82, 2.24) is 10.3 Å². The molecule has 0 spiro atoms. The zero-order chi connectivity index (χ0) is 22.0. The number of alkyl halides is 3. The lowest BCUT2D eigenvalue weighted by Gasteiger charge is -2.14. The Labute approximate surface area is 177 Å². The van der Waals surface area contributed by atoms with Gasteiger partial charge in [-0.2, -0.15) is 13.2 Å². The van der Waals surface area contributed by atoms with Crippen LogP contribution in [0.3, 0.4) is 0 Å². The summed E-state index contributed by atoms with van der Waals surface area (Å²) in [5.74, 6) is -0.436. The van der Waals surface area contributed by atoms with Crippen molar-refractivity contribution >= 4 is 16.7 Å². The van der Waals surface area contributed by atoms with Crippen LogP contribution in [-0.4, -0.2) is 10.9 Å². The molecule has 0 aliphatic heterocycles. The number of hydrogen-bond donors (Lipinski definition) is 1. The molecule has 4 rings (SSSR count). The highest BCUT2D eigenvalue weighted by atomic mass is 19.4. The number of carbonyl (C=O) groups excluding carboxylic acids is 1. The molecule has 0 saturated carbocycles. The maximum atomic E-state index is 12.7. The van der Waals surface area contributed by atoms with Crippen molar-refractivity contribution in [2.24, 2.45) is 0 Å². The Morgan fingerprint density at radius 1 is 0.903 bits per heavy atom. The first kappa shape index (κ1) is 20.6. The van der Waals surface area contributed by atoms with Gasteiger partial charge < -0.3 is 5.32 Å². The summed E-state index contributed by atoms with van der Waals surface area (Å²) in [7, 11) is 0. The number of aryl methyl sites for hydroxylation is 1. The molecule has 6 heteroatoms. The van der Waals surface area contributed by atoms with Crippen LogP contribution in [0.2, 0.25) is 0 Å². The van der Waals surface area contributed by atoms with Gasteiger partial charge in [0.15, 0.2) is 0 Å². The van der Waals surface area contributed by atoms with Crippen LogP contribution in [0.25, 0.3) is 21.9 Å². The van der Waals surface area contributed by atoms with Gasteiger partial charge in [-0.25, -0.2) is 0 Å². The van der Waals surface area contributed by atoms with Gasteiger partial charge in [0.05, 0.1) is 5.56 Å². The van der Waals surface area contributed by atoms with E-state index >= 15 is 0 Å². The van der Waals surface area contributed by atoms with Crippen molar-refractivity contribution in [3.8, 4) is 11.1 Å². The second kappa shape index (κ2) is 8.22. The molecule has 0 saturated heterocycles. The van der Waals surface area contributed by atoms with Crippen molar-refractivity contribution in [3.63, 3.8) is 0 Å². The number of carbonyl (C=O) groups is 1. The molecule has 0 aliphatic rings. The first-order chi connectivity index (χ1) is 14.8. The fraction of sp³-hybridized carbons (Fsp3) is 0.120. The largest absolute Gasteiger partial charge is 0.416 e. The topological polar surface area (TPSA) is 42.0 Å².